The van der Waals surface area contributed by atoms with Crippen LogP contribution in [0.5, 0.6) is 0 Å². The highest BCUT2D eigenvalue weighted by Gasteiger charge is 2.45. The van der Waals surface area contributed by atoms with Crippen LogP contribution in [-0.2, 0) is 42.9 Å². The highest BCUT2D eigenvalue weighted by molar-refractivity contribution is 5.88. The van der Waals surface area contributed by atoms with Crippen molar-refractivity contribution in [2.45, 2.75) is 78.4 Å². The summed E-state index contributed by atoms with van der Waals surface area (Å²) in [6.45, 7) is 22.9. The number of carbonyl (C=O) groups excluding carboxylic acids is 4. The summed E-state index contributed by atoms with van der Waals surface area (Å²) in [5.41, 5.74) is -2.04. The highest BCUT2D eigenvalue weighted by atomic mass is 16.6. The molecule has 0 radical (unpaired) electrons. The Morgan fingerprint density at radius 3 is 0.892 bits per heavy atom. The normalized spacial score (nSPS) is 11.2. The average molecular weight is 523 g/mol. The second-order valence-corrected chi connectivity index (χ2v) is 9.39. The molecule has 9 heteroatoms. The second-order valence-electron chi connectivity index (χ2n) is 9.39. The fraction of sp³-hybridized carbons (Fsp3) is 0.571. The van der Waals surface area contributed by atoms with Crippen LogP contribution in [0.15, 0.2) is 48.6 Å². The van der Waals surface area contributed by atoms with Gasteiger partial charge in [0.25, 0.3) is 0 Å². The van der Waals surface area contributed by atoms with Gasteiger partial charge in [-0.25, -0.2) is 19.2 Å². The Kier molecular flexibility index (Phi) is 14.4. The molecule has 0 atom stereocenters. The molecule has 0 unspecified atom stereocenters. The fourth-order valence-corrected chi connectivity index (χ4v) is 3.24. The maximum atomic E-state index is 12.3. The van der Waals surface area contributed by atoms with E-state index in [-0.39, 0.29) is 61.6 Å². The quantitative estimate of drug-likeness (QED) is 0.145. The molecule has 0 aromatic carbocycles. The Labute approximate surface area is 220 Å². The van der Waals surface area contributed by atoms with E-state index in [9.17, 15) is 19.2 Å². The predicted molar refractivity (Wildman–Crippen MR) is 139 cm³/mol. The minimum absolute atomic E-state index is 0.176. The average Bonchev–Trinajstić information content (AvgIpc) is 2.82. The molecular weight excluding hydrogens is 480 g/mol. The van der Waals surface area contributed by atoms with Gasteiger partial charge in [0.2, 0.25) is 0 Å². The Morgan fingerprint density at radius 2 is 0.730 bits per heavy atom. The smallest absolute Gasteiger partial charge is 0.333 e. The van der Waals surface area contributed by atoms with E-state index >= 15 is 0 Å². The molecule has 0 fully saturated rings. The first-order chi connectivity index (χ1) is 17.1. The molecule has 0 aromatic heterocycles. The van der Waals surface area contributed by atoms with Crippen molar-refractivity contribution in [1.29, 1.82) is 0 Å². The lowest BCUT2D eigenvalue weighted by Crippen LogP contribution is -2.55. The summed E-state index contributed by atoms with van der Waals surface area (Å²) in [4.78, 5) is 49.0. The van der Waals surface area contributed by atoms with Gasteiger partial charge < -0.3 is 23.7 Å². The summed E-state index contributed by atoms with van der Waals surface area (Å²) >= 11 is 0. The van der Waals surface area contributed by atoms with Crippen LogP contribution < -0.4 is 0 Å². The standard InChI is InChI=1S/C28H42O9/c1-11-13-27(15-33-23(29)19(3)4,16-34-24(30)20(5)6)37-28(14-12-2,17-35-25(31)21(7)8)18-36-26(32)22(9)10/h3,5,7,9,11-18H2,1-2,4,6,8,10H3. The van der Waals surface area contributed by atoms with Crippen LogP contribution in [-0.4, -0.2) is 61.5 Å². The maximum Gasteiger partial charge on any atom is 0.333 e. The van der Waals surface area contributed by atoms with Gasteiger partial charge in [0.15, 0.2) is 0 Å². The first kappa shape index (κ1) is 33.8. The molecule has 0 aliphatic carbocycles. The molecule has 0 saturated carbocycles. The minimum atomic E-state index is -1.37. The molecule has 0 aliphatic heterocycles. The van der Waals surface area contributed by atoms with Gasteiger partial charge in [-0.1, -0.05) is 53.0 Å². The SMILES string of the molecule is C=C(C)C(=O)OCC(CCC)(COC(=O)C(=C)C)OC(CCC)(COC(=O)C(=C)C)COC(=O)C(=C)C. The Bertz CT molecular complexity index is 765. The van der Waals surface area contributed by atoms with E-state index in [0.29, 0.717) is 12.8 Å². The van der Waals surface area contributed by atoms with Crippen LogP contribution in [0, 0.1) is 0 Å². The van der Waals surface area contributed by atoms with Crippen molar-refractivity contribution < 1.29 is 42.9 Å². The van der Waals surface area contributed by atoms with Crippen molar-refractivity contribution in [2.75, 3.05) is 26.4 Å². The largest absolute Gasteiger partial charge is 0.459 e. The number of ether oxygens (including phenoxy) is 5. The van der Waals surface area contributed by atoms with Crippen molar-refractivity contribution >= 4 is 23.9 Å². The topological polar surface area (TPSA) is 114 Å². The zero-order valence-corrected chi connectivity index (χ0v) is 23.2. The number of carbonyl (C=O) groups is 4. The van der Waals surface area contributed by atoms with Gasteiger partial charge in [-0.2, -0.15) is 0 Å². The van der Waals surface area contributed by atoms with Crippen LogP contribution in [0.25, 0.3) is 0 Å². The van der Waals surface area contributed by atoms with Crippen LogP contribution in [0.4, 0.5) is 0 Å². The molecule has 208 valence electrons. The van der Waals surface area contributed by atoms with Gasteiger partial charge in [0.05, 0.1) is 0 Å². The predicted octanol–water partition coefficient (Wildman–Crippen LogP) is 4.56. The third-order valence-electron chi connectivity index (χ3n) is 5.10. The third-order valence-corrected chi connectivity index (χ3v) is 5.10. The van der Waals surface area contributed by atoms with E-state index in [1.165, 1.54) is 27.7 Å². The van der Waals surface area contributed by atoms with Gasteiger partial charge in [0, 0.05) is 22.3 Å². The van der Waals surface area contributed by atoms with E-state index < -0.39 is 35.1 Å². The third kappa shape index (κ3) is 12.1. The molecule has 9 nitrogen and oxygen atoms in total. The lowest BCUT2D eigenvalue weighted by atomic mass is 9.93. The fourth-order valence-electron chi connectivity index (χ4n) is 3.24. The monoisotopic (exact) mass is 522 g/mol. The van der Waals surface area contributed by atoms with Gasteiger partial charge in [0.1, 0.15) is 37.6 Å². The van der Waals surface area contributed by atoms with Gasteiger partial charge in [-0.05, 0) is 40.5 Å². The summed E-state index contributed by atoms with van der Waals surface area (Å²) in [7, 11) is 0. The summed E-state index contributed by atoms with van der Waals surface area (Å²) in [6, 6.07) is 0. The summed E-state index contributed by atoms with van der Waals surface area (Å²) in [5, 5.41) is 0. The van der Waals surface area contributed by atoms with Crippen molar-refractivity contribution in [3.8, 4) is 0 Å². The molecule has 0 amide bonds. The first-order valence-corrected chi connectivity index (χ1v) is 12.1. The van der Waals surface area contributed by atoms with Gasteiger partial charge in [-0.3, -0.25) is 0 Å². The van der Waals surface area contributed by atoms with Gasteiger partial charge >= 0.3 is 23.9 Å². The molecule has 0 saturated heterocycles. The lowest BCUT2D eigenvalue weighted by molar-refractivity contribution is -0.235. The van der Waals surface area contributed by atoms with Crippen LogP contribution in [0.1, 0.15) is 67.2 Å². The number of hydrogen-bond acceptors (Lipinski definition) is 9. The minimum Gasteiger partial charge on any atom is -0.459 e. The van der Waals surface area contributed by atoms with E-state index in [0.717, 1.165) is 0 Å². The molecule has 37 heavy (non-hydrogen) atoms. The second kappa shape index (κ2) is 15.8. The van der Waals surface area contributed by atoms with Crippen molar-refractivity contribution in [3.05, 3.63) is 48.6 Å². The van der Waals surface area contributed by atoms with E-state index in [1.54, 1.807) is 0 Å². The van der Waals surface area contributed by atoms with Crippen molar-refractivity contribution in [1.82, 2.24) is 0 Å². The van der Waals surface area contributed by atoms with Crippen molar-refractivity contribution in [3.63, 3.8) is 0 Å². The molecule has 0 aromatic rings. The molecule has 0 heterocycles. The van der Waals surface area contributed by atoms with E-state index in [2.05, 4.69) is 26.3 Å². The number of esters is 4. The molecule has 0 spiro atoms. The van der Waals surface area contributed by atoms with Crippen LogP contribution in [0.3, 0.4) is 0 Å². The lowest BCUT2D eigenvalue weighted by Gasteiger charge is -2.43. The highest BCUT2D eigenvalue weighted by Crippen LogP contribution is 2.32. The summed E-state index contributed by atoms with van der Waals surface area (Å²) in [5.74, 6) is -2.62. The van der Waals surface area contributed by atoms with Crippen molar-refractivity contribution in [2.24, 2.45) is 0 Å². The zero-order chi connectivity index (χ0) is 28.8. The zero-order valence-electron chi connectivity index (χ0n) is 23.2. The number of hydrogen-bond donors (Lipinski definition) is 0. The Balaban J connectivity index is 6.53. The summed E-state index contributed by atoms with van der Waals surface area (Å²) < 4.78 is 28.4. The molecule has 0 aliphatic rings. The molecular formula is C28H42O9. The molecule has 0 N–H and O–H groups in total. The maximum absolute atomic E-state index is 12.3. The van der Waals surface area contributed by atoms with Gasteiger partial charge in [-0.15, -0.1) is 0 Å². The molecule has 0 rings (SSSR count). The number of rotatable bonds is 18. The van der Waals surface area contributed by atoms with Crippen LogP contribution >= 0.6 is 0 Å². The van der Waals surface area contributed by atoms with E-state index in [1.807, 2.05) is 13.8 Å². The van der Waals surface area contributed by atoms with E-state index in [4.69, 9.17) is 23.7 Å². The summed E-state index contributed by atoms with van der Waals surface area (Å²) in [6.07, 6.45) is 1.67. The first-order valence-electron chi connectivity index (χ1n) is 12.1. The Morgan fingerprint density at radius 1 is 0.514 bits per heavy atom. The molecule has 0 bridgehead atoms. The van der Waals surface area contributed by atoms with Crippen LogP contribution in [0.2, 0.25) is 0 Å². The Hall–Kier alpha value is -3.20.